The summed E-state index contributed by atoms with van der Waals surface area (Å²) in [6, 6.07) is -0.938. The highest BCUT2D eigenvalue weighted by molar-refractivity contribution is 7.80. The minimum atomic E-state index is -5.08. The molecule has 0 spiro atoms. The average molecular weight is 864 g/mol. The van der Waals surface area contributed by atoms with Crippen molar-refractivity contribution in [3.63, 3.8) is 0 Å². The summed E-state index contributed by atoms with van der Waals surface area (Å²) in [6.45, 7) is 3.40. The lowest BCUT2D eigenvalue weighted by Gasteiger charge is -2.41. The molecule has 350 valence electrons. The normalized spacial score (nSPS) is 21.0. The number of aliphatic hydroxyl groups is 4. The first-order chi connectivity index (χ1) is 28.5. The van der Waals surface area contributed by atoms with Gasteiger partial charge >= 0.3 is 10.4 Å². The van der Waals surface area contributed by atoms with Crippen molar-refractivity contribution in [2.24, 2.45) is 0 Å². The van der Waals surface area contributed by atoms with Crippen LogP contribution in [0.4, 0.5) is 0 Å². The van der Waals surface area contributed by atoms with Crippen molar-refractivity contribution in [2.45, 2.75) is 262 Å². The van der Waals surface area contributed by atoms with E-state index in [4.69, 9.17) is 9.47 Å². The van der Waals surface area contributed by atoms with E-state index in [1.807, 2.05) is 6.08 Å². The molecule has 0 aromatic heterocycles. The number of carbonyl (C=O) groups is 1. The van der Waals surface area contributed by atoms with E-state index < -0.39 is 59.9 Å². The summed E-state index contributed by atoms with van der Waals surface area (Å²) in [5.74, 6) is -0.260. The van der Waals surface area contributed by atoms with Crippen LogP contribution < -0.4 is 5.32 Å². The second kappa shape index (κ2) is 37.4. The van der Waals surface area contributed by atoms with Crippen molar-refractivity contribution in [3.8, 4) is 0 Å². The third kappa shape index (κ3) is 30.5. The van der Waals surface area contributed by atoms with Gasteiger partial charge in [-0.1, -0.05) is 206 Å². The zero-order valence-corrected chi connectivity index (χ0v) is 38.1. The van der Waals surface area contributed by atoms with Crippen molar-refractivity contribution in [3.05, 3.63) is 12.2 Å². The van der Waals surface area contributed by atoms with Crippen molar-refractivity contribution >= 4 is 16.3 Å². The van der Waals surface area contributed by atoms with E-state index in [1.165, 1.54) is 154 Å². The van der Waals surface area contributed by atoms with E-state index in [-0.39, 0.29) is 18.9 Å². The lowest BCUT2D eigenvalue weighted by Crippen LogP contribution is -2.61. The number of allylic oxidation sites excluding steroid dienone is 1. The molecule has 59 heavy (non-hydrogen) atoms. The number of unbranched alkanes of at least 4 members (excludes halogenated alkanes) is 29. The summed E-state index contributed by atoms with van der Waals surface area (Å²) in [6.07, 6.45) is 32.4. The summed E-state index contributed by atoms with van der Waals surface area (Å²) < 4.78 is 47.6. The standard InChI is InChI=1S/C46H89NO11S/c1-3-5-7-9-11-13-15-17-19-20-22-23-25-27-29-31-33-35-40(49)39(38-56-46-44(52)45(58-59(53,54)55)43(51)41(37-48)57-46)47-42(50)36-34-32-30-28-26-24-21-18-16-14-12-10-8-6-4-2/h33,35,39-41,43-46,48-49,51-52H,3-32,34,36-38H2,1-2H3,(H,47,50)(H,53,54,55)/b35-33+. The first-order valence-corrected chi connectivity index (χ1v) is 25.4. The van der Waals surface area contributed by atoms with Gasteiger partial charge in [-0.15, -0.1) is 0 Å². The van der Waals surface area contributed by atoms with Gasteiger partial charge in [-0.05, 0) is 19.3 Å². The lowest BCUT2D eigenvalue weighted by atomic mass is 9.99. The highest BCUT2D eigenvalue weighted by Gasteiger charge is 2.48. The van der Waals surface area contributed by atoms with Gasteiger partial charge in [0.25, 0.3) is 0 Å². The van der Waals surface area contributed by atoms with Gasteiger partial charge in [-0.2, -0.15) is 8.42 Å². The molecule has 1 amide bonds. The molecule has 7 atom stereocenters. The van der Waals surface area contributed by atoms with Crippen LogP contribution >= 0.6 is 0 Å². The van der Waals surface area contributed by atoms with Gasteiger partial charge in [0, 0.05) is 6.42 Å². The fourth-order valence-electron chi connectivity index (χ4n) is 7.81. The Bertz CT molecular complexity index is 1110. The molecule has 0 aromatic rings. The molecule has 0 aliphatic carbocycles. The molecule has 1 aliphatic heterocycles. The number of carbonyl (C=O) groups excluding carboxylic acids is 1. The number of nitrogens with one attached hydrogen (secondary N) is 1. The Labute approximate surface area is 360 Å². The second-order valence-electron chi connectivity index (χ2n) is 17.1. The number of aliphatic hydroxyl groups excluding tert-OH is 4. The van der Waals surface area contributed by atoms with Gasteiger partial charge in [-0.3, -0.25) is 9.35 Å². The molecule has 1 rings (SSSR count). The van der Waals surface area contributed by atoms with Crippen molar-refractivity contribution in [1.82, 2.24) is 5.32 Å². The Morgan fingerprint density at radius 3 is 1.47 bits per heavy atom. The van der Waals surface area contributed by atoms with Gasteiger partial charge < -0.3 is 35.2 Å². The summed E-state index contributed by atoms with van der Waals surface area (Å²) in [5.41, 5.74) is 0. The Balaban J connectivity index is 2.50. The maximum absolute atomic E-state index is 13.0. The third-order valence-corrected chi connectivity index (χ3v) is 12.0. The van der Waals surface area contributed by atoms with Crippen LogP contribution in [-0.4, -0.2) is 95.4 Å². The van der Waals surface area contributed by atoms with Crippen molar-refractivity contribution in [1.29, 1.82) is 0 Å². The van der Waals surface area contributed by atoms with E-state index in [2.05, 4.69) is 23.3 Å². The minimum absolute atomic E-state index is 0.260. The third-order valence-electron chi connectivity index (χ3n) is 11.6. The van der Waals surface area contributed by atoms with Crippen molar-refractivity contribution in [2.75, 3.05) is 13.2 Å². The molecule has 13 heteroatoms. The molecular formula is C46H89NO11S. The zero-order chi connectivity index (χ0) is 43.4. The van der Waals surface area contributed by atoms with Gasteiger partial charge in [0.1, 0.15) is 24.4 Å². The summed E-state index contributed by atoms with van der Waals surface area (Å²) >= 11 is 0. The molecule has 0 radical (unpaired) electrons. The summed E-state index contributed by atoms with van der Waals surface area (Å²) in [5, 5.41) is 44.7. The lowest BCUT2D eigenvalue weighted by molar-refractivity contribution is -0.298. The highest BCUT2D eigenvalue weighted by Crippen LogP contribution is 2.26. The van der Waals surface area contributed by atoms with E-state index in [0.29, 0.717) is 6.42 Å². The molecule has 1 aliphatic rings. The van der Waals surface area contributed by atoms with Crippen LogP contribution in [0, 0.1) is 0 Å². The number of hydrogen-bond acceptors (Lipinski definition) is 10. The Morgan fingerprint density at radius 2 is 1.07 bits per heavy atom. The predicted octanol–water partition coefficient (Wildman–Crippen LogP) is 9.55. The molecular weight excluding hydrogens is 775 g/mol. The topological polar surface area (TPSA) is 192 Å². The quantitative estimate of drug-likeness (QED) is 0.0195. The van der Waals surface area contributed by atoms with Crippen LogP contribution in [0.15, 0.2) is 12.2 Å². The molecule has 1 saturated heterocycles. The molecule has 0 bridgehead atoms. The van der Waals surface area contributed by atoms with Crippen LogP contribution in [-0.2, 0) is 28.9 Å². The summed E-state index contributed by atoms with van der Waals surface area (Å²) in [7, 11) is -5.08. The van der Waals surface area contributed by atoms with E-state index >= 15 is 0 Å². The monoisotopic (exact) mass is 864 g/mol. The van der Waals surface area contributed by atoms with Gasteiger partial charge in [-0.25, -0.2) is 4.18 Å². The molecule has 12 nitrogen and oxygen atoms in total. The largest absolute Gasteiger partial charge is 0.397 e. The number of hydrogen-bond donors (Lipinski definition) is 6. The van der Waals surface area contributed by atoms with Crippen molar-refractivity contribution < 1.29 is 51.8 Å². The second-order valence-corrected chi connectivity index (χ2v) is 18.1. The first kappa shape index (κ1) is 55.9. The summed E-state index contributed by atoms with van der Waals surface area (Å²) in [4.78, 5) is 13.0. The average Bonchev–Trinajstić information content (AvgIpc) is 3.20. The Hall–Kier alpha value is -1.16. The fraction of sp³-hybridized carbons (Fsp3) is 0.935. The molecule has 0 saturated carbocycles. The van der Waals surface area contributed by atoms with Crippen LogP contribution in [0.1, 0.15) is 219 Å². The first-order valence-electron chi connectivity index (χ1n) is 24.1. The number of ether oxygens (including phenoxy) is 2. The Morgan fingerprint density at radius 1 is 0.661 bits per heavy atom. The van der Waals surface area contributed by atoms with Crippen LogP contribution in [0.2, 0.25) is 0 Å². The van der Waals surface area contributed by atoms with Gasteiger partial charge in [0.2, 0.25) is 5.91 Å². The molecule has 1 heterocycles. The number of rotatable bonds is 41. The SMILES string of the molecule is CCCCCCCCCCCCCCCCC/C=C/C(O)C(COC1OC(CO)C(O)C(OS(=O)(=O)O)C1O)NC(=O)CCCCCCCCCCCCCCCCC. The number of amides is 1. The molecule has 7 unspecified atom stereocenters. The minimum Gasteiger partial charge on any atom is -0.394 e. The maximum atomic E-state index is 13.0. The van der Waals surface area contributed by atoms with Crippen LogP contribution in [0.3, 0.4) is 0 Å². The molecule has 0 aromatic carbocycles. The fourth-order valence-corrected chi connectivity index (χ4v) is 8.32. The molecule has 1 fully saturated rings. The van der Waals surface area contributed by atoms with Gasteiger partial charge in [0.05, 0.1) is 25.4 Å². The van der Waals surface area contributed by atoms with Gasteiger partial charge in [0.15, 0.2) is 6.29 Å². The molecule has 6 N–H and O–H groups in total. The van der Waals surface area contributed by atoms with E-state index in [0.717, 1.165) is 38.5 Å². The zero-order valence-electron chi connectivity index (χ0n) is 37.3. The van der Waals surface area contributed by atoms with E-state index in [9.17, 15) is 38.2 Å². The smallest absolute Gasteiger partial charge is 0.394 e. The maximum Gasteiger partial charge on any atom is 0.397 e. The van der Waals surface area contributed by atoms with E-state index in [1.54, 1.807) is 6.08 Å². The Kier molecular flexibility index (Phi) is 35.4. The van der Waals surface area contributed by atoms with Crippen LogP contribution in [0.25, 0.3) is 0 Å². The highest BCUT2D eigenvalue weighted by atomic mass is 32.3. The van der Waals surface area contributed by atoms with Crippen LogP contribution in [0.5, 0.6) is 0 Å². The predicted molar refractivity (Wildman–Crippen MR) is 236 cm³/mol.